The minimum Gasteiger partial charge on any atom is -0.494 e. The Balaban J connectivity index is 1.39. The van der Waals surface area contributed by atoms with Crippen LogP contribution in [0.2, 0.25) is 0 Å². The summed E-state index contributed by atoms with van der Waals surface area (Å²) in [5, 5.41) is 15.3. The van der Waals surface area contributed by atoms with Crippen molar-refractivity contribution in [3.8, 4) is 11.4 Å². The molecule has 0 aliphatic carbocycles. The van der Waals surface area contributed by atoms with Crippen LogP contribution in [-0.2, 0) is 4.79 Å². The quantitative estimate of drug-likeness (QED) is 0.673. The molecule has 9 nitrogen and oxygen atoms in total. The van der Waals surface area contributed by atoms with Crippen LogP contribution < -0.4 is 10.1 Å². The van der Waals surface area contributed by atoms with Crippen molar-refractivity contribution in [2.45, 2.75) is 19.8 Å². The number of likely N-dealkylation sites (tertiary alicyclic amines) is 1. The van der Waals surface area contributed by atoms with Gasteiger partial charge in [0, 0.05) is 25.2 Å². The van der Waals surface area contributed by atoms with Crippen molar-refractivity contribution in [3.05, 3.63) is 47.2 Å². The van der Waals surface area contributed by atoms with Gasteiger partial charge >= 0.3 is 0 Å². The number of carbonyl (C=O) groups excluding carboxylic acids is 2. The standard InChI is InChI=1S/C20H22N6O3S/c1-13-3-4-17(29-2)16(11-13)26-10-7-15(24-26)19(28)25-8-5-14(6-9-25)18(27)22-20-23-21-12-30-20/h3-4,7,10-12,14H,5-6,8-9H2,1-2H3,(H,22,23,27). The minimum atomic E-state index is -0.146. The third-order valence-electron chi connectivity index (χ3n) is 5.13. The number of anilines is 1. The second-order valence-electron chi connectivity index (χ2n) is 7.12. The molecule has 3 heterocycles. The van der Waals surface area contributed by atoms with Gasteiger partial charge in [-0.25, -0.2) is 4.68 Å². The van der Waals surface area contributed by atoms with Crippen LogP contribution in [0.4, 0.5) is 5.13 Å². The topological polar surface area (TPSA) is 102 Å². The first-order valence-electron chi connectivity index (χ1n) is 9.62. The number of aryl methyl sites for hydroxylation is 1. The molecule has 156 valence electrons. The fourth-order valence-corrected chi connectivity index (χ4v) is 3.94. The van der Waals surface area contributed by atoms with Gasteiger partial charge in [-0.05, 0) is 43.5 Å². The highest BCUT2D eigenvalue weighted by Crippen LogP contribution is 2.25. The van der Waals surface area contributed by atoms with Crippen LogP contribution in [-0.4, -0.2) is 56.9 Å². The van der Waals surface area contributed by atoms with Crippen LogP contribution in [0.5, 0.6) is 5.75 Å². The van der Waals surface area contributed by atoms with E-state index in [0.717, 1.165) is 11.3 Å². The van der Waals surface area contributed by atoms with E-state index < -0.39 is 0 Å². The van der Waals surface area contributed by atoms with E-state index in [9.17, 15) is 9.59 Å². The van der Waals surface area contributed by atoms with Gasteiger partial charge in [0.05, 0.1) is 7.11 Å². The Morgan fingerprint density at radius 2 is 2.03 bits per heavy atom. The number of hydrogen-bond donors (Lipinski definition) is 1. The number of hydrogen-bond acceptors (Lipinski definition) is 7. The first-order valence-corrected chi connectivity index (χ1v) is 10.5. The van der Waals surface area contributed by atoms with E-state index in [1.54, 1.807) is 34.5 Å². The zero-order valence-corrected chi connectivity index (χ0v) is 17.6. The highest BCUT2D eigenvalue weighted by molar-refractivity contribution is 7.13. The summed E-state index contributed by atoms with van der Waals surface area (Å²) in [6.07, 6.45) is 2.96. The Labute approximate surface area is 177 Å². The molecule has 2 aromatic heterocycles. The molecule has 2 amide bonds. The van der Waals surface area contributed by atoms with E-state index in [4.69, 9.17) is 4.74 Å². The van der Waals surface area contributed by atoms with E-state index in [1.807, 2.05) is 25.1 Å². The van der Waals surface area contributed by atoms with E-state index in [-0.39, 0.29) is 17.7 Å². The number of nitrogens with zero attached hydrogens (tertiary/aromatic N) is 5. The van der Waals surface area contributed by atoms with Crippen LogP contribution in [0, 0.1) is 12.8 Å². The molecule has 1 aliphatic rings. The summed E-state index contributed by atoms with van der Waals surface area (Å²) in [6.45, 7) is 3.01. The highest BCUT2D eigenvalue weighted by atomic mass is 32.1. The molecular formula is C20H22N6O3S. The first kappa shape index (κ1) is 20.0. The average Bonchev–Trinajstić information content (AvgIpc) is 3.45. The summed E-state index contributed by atoms with van der Waals surface area (Å²) in [5.74, 6) is 0.329. The van der Waals surface area contributed by atoms with Crippen molar-refractivity contribution in [1.82, 2.24) is 24.9 Å². The monoisotopic (exact) mass is 426 g/mol. The van der Waals surface area contributed by atoms with Gasteiger partial charge in [0.1, 0.15) is 16.9 Å². The molecule has 1 aromatic carbocycles. The summed E-state index contributed by atoms with van der Waals surface area (Å²) in [4.78, 5) is 27.0. The maximum atomic E-state index is 12.9. The van der Waals surface area contributed by atoms with Crippen molar-refractivity contribution in [3.63, 3.8) is 0 Å². The van der Waals surface area contributed by atoms with Crippen molar-refractivity contribution >= 4 is 28.3 Å². The lowest BCUT2D eigenvalue weighted by atomic mass is 9.96. The lowest BCUT2D eigenvalue weighted by molar-refractivity contribution is -0.121. The normalized spacial score (nSPS) is 14.5. The van der Waals surface area contributed by atoms with Gasteiger partial charge in [0.2, 0.25) is 11.0 Å². The van der Waals surface area contributed by atoms with E-state index >= 15 is 0 Å². The second-order valence-corrected chi connectivity index (χ2v) is 7.95. The van der Waals surface area contributed by atoms with Gasteiger partial charge in [-0.2, -0.15) is 5.10 Å². The maximum absolute atomic E-state index is 12.9. The lowest BCUT2D eigenvalue weighted by Crippen LogP contribution is -2.41. The average molecular weight is 427 g/mol. The van der Waals surface area contributed by atoms with Gasteiger partial charge < -0.3 is 15.0 Å². The fraction of sp³-hybridized carbons (Fsp3) is 0.350. The van der Waals surface area contributed by atoms with Gasteiger partial charge in [-0.3, -0.25) is 9.59 Å². The van der Waals surface area contributed by atoms with Crippen molar-refractivity contribution in [2.75, 3.05) is 25.5 Å². The lowest BCUT2D eigenvalue weighted by Gasteiger charge is -2.30. The van der Waals surface area contributed by atoms with Crippen LogP contribution in [0.15, 0.2) is 36.0 Å². The Bertz CT molecular complexity index is 1040. The number of nitrogens with one attached hydrogen (secondary N) is 1. The summed E-state index contributed by atoms with van der Waals surface area (Å²) in [7, 11) is 1.61. The number of benzene rings is 1. The molecule has 0 bridgehead atoms. The van der Waals surface area contributed by atoms with E-state index in [1.165, 1.54) is 11.3 Å². The third-order valence-corrected chi connectivity index (χ3v) is 5.74. The zero-order valence-electron chi connectivity index (χ0n) is 16.7. The van der Waals surface area contributed by atoms with E-state index in [2.05, 4.69) is 20.6 Å². The molecule has 4 rings (SSSR count). The van der Waals surface area contributed by atoms with Gasteiger partial charge in [0.15, 0.2) is 5.69 Å². The van der Waals surface area contributed by atoms with Crippen molar-refractivity contribution in [2.24, 2.45) is 5.92 Å². The number of rotatable bonds is 5. The van der Waals surface area contributed by atoms with Crippen molar-refractivity contribution in [1.29, 1.82) is 0 Å². The molecule has 10 heteroatoms. The molecule has 30 heavy (non-hydrogen) atoms. The Morgan fingerprint density at radius 1 is 1.23 bits per heavy atom. The Morgan fingerprint density at radius 3 is 2.73 bits per heavy atom. The summed E-state index contributed by atoms with van der Waals surface area (Å²) in [5.41, 5.74) is 3.80. The Hall–Kier alpha value is -3.27. The molecule has 1 N–H and O–H groups in total. The molecule has 1 saturated heterocycles. The number of aromatic nitrogens is 4. The number of amides is 2. The second kappa shape index (κ2) is 8.62. The molecule has 1 fully saturated rings. The van der Waals surface area contributed by atoms with E-state index in [0.29, 0.717) is 42.5 Å². The van der Waals surface area contributed by atoms with Crippen LogP contribution >= 0.6 is 11.3 Å². The predicted octanol–water partition coefficient (Wildman–Crippen LogP) is 2.53. The summed E-state index contributed by atoms with van der Waals surface area (Å²) < 4.78 is 7.06. The molecule has 0 spiro atoms. The van der Waals surface area contributed by atoms with Gasteiger partial charge in [-0.15, -0.1) is 10.2 Å². The Kier molecular flexibility index (Phi) is 5.75. The first-order chi connectivity index (χ1) is 14.5. The zero-order chi connectivity index (χ0) is 21.1. The smallest absolute Gasteiger partial charge is 0.274 e. The molecule has 1 aliphatic heterocycles. The number of methoxy groups -OCH3 is 1. The highest BCUT2D eigenvalue weighted by Gasteiger charge is 2.29. The number of piperidine rings is 1. The molecule has 3 aromatic rings. The SMILES string of the molecule is COc1ccc(C)cc1-n1ccc(C(=O)N2CCC(C(=O)Nc3nncs3)CC2)n1. The fourth-order valence-electron chi connectivity index (χ4n) is 3.49. The summed E-state index contributed by atoms with van der Waals surface area (Å²) >= 11 is 1.28. The molecule has 0 radical (unpaired) electrons. The van der Waals surface area contributed by atoms with Crippen LogP contribution in [0.1, 0.15) is 28.9 Å². The number of ether oxygens (including phenoxy) is 1. The molecule has 0 saturated carbocycles. The number of carbonyl (C=O) groups is 2. The minimum absolute atomic E-state index is 0.0744. The predicted molar refractivity (Wildman–Crippen MR) is 112 cm³/mol. The van der Waals surface area contributed by atoms with Gasteiger partial charge in [-0.1, -0.05) is 17.4 Å². The van der Waals surface area contributed by atoms with Crippen molar-refractivity contribution < 1.29 is 14.3 Å². The van der Waals surface area contributed by atoms with Crippen LogP contribution in [0.3, 0.4) is 0 Å². The summed E-state index contributed by atoms with van der Waals surface area (Å²) in [6, 6.07) is 7.51. The maximum Gasteiger partial charge on any atom is 0.274 e. The van der Waals surface area contributed by atoms with Gasteiger partial charge in [0.25, 0.3) is 5.91 Å². The molecule has 0 atom stereocenters. The largest absolute Gasteiger partial charge is 0.494 e. The van der Waals surface area contributed by atoms with Crippen LogP contribution in [0.25, 0.3) is 5.69 Å². The third kappa shape index (κ3) is 4.18. The molecule has 0 unspecified atom stereocenters. The molecular weight excluding hydrogens is 404 g/mol.